The van der Waals surface area contributed by atoms with E-state index in [2.05, 4.69) is 14.8 Å². The van der Waals surface area contributed by atoms with Crippen LogP contribution in [0.3, 0.4) is 0 Å². The maximum absolute atomic E-state index is 13.6. The summed E-state index contributed by atoms with van der Waals surface area (Å²) >= 11 is 0. The molecular formula is C16H19FN4O. The number of hydrogen-bond acceptors (Lipinski definition) is 3. The number of rotatable bonds is 4. The Bertz CT molecular complexity index is 670. The minimum atomic E-state index is -0.321. The first-order valence-corrected chi connectivity index (χ1v) is 7.58. The Kier molecular flexibility index (Phi) is 4.18. The topological polar surface area (TPSA) is 51.0 Å². The first-order valence-electron chi connectivity index (χ1n) is 7.58. The number of amides is 1. The Labute approximate surface area is 128 Å². The van der Waals surface area contributed by atoms with E-state index >= 15 is 0 Å². The molecule has 1 saturated heterocycles. The van der Waals surface area contributed by atoms with Crippen LogP contribution in [0, 0.1) is 5.82 Å². The lowest BCUT2D eigenvalue weighted by atomic mass is 10.1. The van der Waals surface area contributed by atoms with E-state index in [1.807, 2.05) is 6.92 Å². The summed E-state index contributed by atoms with van der Waals surface area (Å²) in [6.45, 7) is 3.37. The lowest BCUT2D eigenvalue weighted by Crippen LogP contribution is -2.30. The molecule has 0 N–H and O–H groups in total. The molecule has 1 aromatic heterocycles. The van der Waals surface area contributed by atoms with Crippen LogP contribution in [0.5, 0.6) is 0 Å². The molecule has 0 spiro atoms. The molecule has 1 aromatic carbocycles. The Morgan fingerprint density at radius 1 is 1.41 bits per heavy atom. The molecule has 0 aliphatic carbocycles. The first kappa shape index (κ1) is 14.7. The molecule has 0 bridgehead atoms. The summed E-state index contributed by atoms with van der Waals surface area (Å²) in [5.41, 5.74) is 0.453. The number of carbonyl (C=O) groups excluding carboxylic acids is 1. The largest absolute Gasteiger partial charge is 0.340 e. The van der Waals surface area contributed by atoms with Gasteiger partial charge in [-0.05, 0) is 18.1 Å². The molecule has 1 atom stereocenters. The van der Waals surface area contributed by atoms with Crippen molar-refractivity contribution in [3.05, 3.63) is 47.8 Å². The second kappa shape index (κ2) is 6.25. The molecular weight excluding hydrogens is 283 g/mol. The van der Waals surface area contributed by atoms with Crippen LogP contribution in [0.25, 0.3) is 0 Å². The molecule has 1 aliphatic heterocycles. The minimum Gasteiger partial charge on any atom is -0.340 e. The average Bonchev–Trinajstić information content (AvgIpc) is 3.17. The van der Waals surface area contributed by atoms with Crippen molar-refractivity contribution < 1.29 is 9.18 Å². The van der Waals surface area contributed by atoms with Crippen molar-refractivity contribution in [2.45, 2.75) is 32.2 Å². The van der Waals surface area contributed by atoms with Crippen molar-refractivity contribution in [3.8, 4) is 0 Å². The van der Waals surface area contributed by atoms with Gasteiger partial charge in [0.1, 0.15) is 18.0 Å². The summed E-state index contributed by atoms with van der Waals surface area (Å²) in [6.07, 6.45) is 3.55. The molecule has 1 amide bonds. The number of benzene rings is 1. The van der Waals surface area contributed by atoms with Gasteiger partial charge in [0, 0.05) is 19.5 Å². The lowest BCUT2D eigenvalue weighted by Gasteiger charge is -2.18. The highest BCUT2D eigenvalue weighted by Crippen LogP contribution is 2.23. The zero-order chi connectivity index (χ0) is 15.5. The molecule has 0 saturated carbocycles. The SMILES string of the molecule is CCc1nncn1C1CCN(C(=O)Cc2ccccc2F)C1. The third-order valence-electron chi connectivity index (χ3n) is 4.17. The summed E-state index contributed by atoms with van der Waals surface area (Å²) in [4.78, 5) is 14.2. The molecule has 2 aromatic rings. The number of aromatic nitrogens is 3. The number of carbonyl (C=O) groups is 1. The van der Waals surface area contributed by atoms with Crippen LogP contribution in [-0.2, 0) is 17.6 Å². The van der Waals surface area contributed by atoms with E-state index in [9.17, 15) is 9.18 Å². The first-order chi connectivity index (χ1) is 10.7. The molecule has 1 fully saturated rings. The van der Waals surface area contributed by atoms with Crippen molar-refractivity contribution in [3.63, 3.8) is 0 Å². The predicted molar refractivity (Wildman–Crippen MR) is 79.7 cm³/mol. The molecule has 5 nitrogen and oxygen atoms in total. The van der Waals surface area contributed by atoms with Gasteiger partial charge in [0.25, 0.3) is 0 Å². The number of likely N-dealkylation sites (tertiary alicyclic amines) is 1. The molecule has 22 heavy (non-hydrogen) atoms. The third kappa shape index (κ3) is 2.86. The van der Waals surface area contributed by atoms with Gasteiger partial charge >= 0.3 is 0 Å². The van der Waals surface area contributed by atoms with E-state index < -0.39 is 0 Å². The van der Waals surface area contributed by atoms with Crippen LogP contribution in [0.15, 0.2) is 30.6 Å². The molecule has 116 valence electrons. The van der Waals surface area contributed by atoms with Crippen LogP contribution < -0.4 is 0 Å². The fraction of sp³-hybridized carbons (Fsp3) is 0.438. The van der Waals surface area contributed by atoms with Crippen molar-refractivity contribution in [2.75, 3.05) is 13.1 Å². The maximum atomic E-state index is 13.6. The van der Waals surface area contributed by atoms with E-state index in [0.29, 0.717) is 18.7 Å². The van der Waals surface area contributed by atoms with Crippen molar-refractivity contribution in [2.24, 2.45) is 0 Å². The summed E-state index contributed by atoms with van der Waals surface area (Å²) in [7, 11) is 0. The summed E-state index contributed by atoms with van der Waals surface area (Å²) in [5, 5.41) is 8.04. The minimum absolute atomic E-state index is 0.0290. The smallest absolute Gasteiger partial charge is 0.227 e. The normalized spacial score (nSPS) is 17.9. The Morgan fingerprint density at radius 3 is 3.00 bits per heavy atom. The highest BCUT2D eigenvalue weighted by atomic mass is 19.1. The fourth-order valence-corrected chi connectivity index (χ4v) is 2.94. The van der Waals surface area contributed by atoms with Gasteiger partial charge in [-0.2, -0.15) is 0 Å². The molecule has 3 rings (SSSR count). The molecule has 6 heteroatoms. The summed E-state index contributed by atoms with van der Waals surface area (Å²) < 4.78 is 15.7. The highest BCUT2D eigenvalue weighted by Gasteiger charge is 2.28. The van der Waals surface area contributed by atoms with Gasteiger partial charge in [-0.25, -0.2) is 4.39 Å². The number of halogens is 1. The van der Waals surface area contributed by atoms with E-state index in [1.165, 1.54) is 6.07 Å². The monoisotopic (exact) mass is 302 g/mol. The van der Waals surface area contributed by atoms with Crippen molar-refractivity contribution >= 4 is 5.91 Å². The number of nitrogens with zero attached hydrogens (tertiary/aromatic N) is 4. The zero-order valence-corrected chi connectivity index (χ0v) is 12.6. The molecule has 0 radical (unpaired) electrons. The quantitative estimate of drug-likeness (QED) is 0.868. The van der Waals surface area contributed by atoms with E-state index in [1.54, 1.807) is 29.4 Å². The van der Waals surface area contributed by atoms with Gasteiger partial charge in [0.2, 0.25) is 5.91 Å². The van der Waals surface area contributed by atoms with Gasteiger partial charge in [0.05, 0.1) is 12.5 Å². The van der Waals surface area contributed by atoms with Crippen LogP contribution in [0.2, 0.25) is 0 Å². The van der Waals surface area contributed by atoms with E-state index in [4.69, 9.17) is 0 Å². The van der Waals surface area contributed by atoms with E-state index in [-0.39, 0.29) is 24.2 Å². The van der Waals surface area contributed by atoms with Crippen molar-refractivity contribution in [1.82, 2.24) is 19.7 Å². The zero-order valence-electron chi connectivity index (χ0n) is 12.6. The summed E-state index contributed by atoms with van der Waals surface area (Å²) in [6, 6.07) is 6.65. The molecule has 1 aliphatic rings. The molecule has 2 heterocycles. The number of hydrogen-bond donors (Lipinski definition) is 0. The lowest BCUT2D eigenvalue weighted by molar-refractivity contribution is -0.129. The standard InChI is InChI=1S/C16H19FN4O/c1-2-15-19-18-11-21(15)13-7-8-20(10-13)16(22)9-12-5-3-4-6-14(12)17/h3-6,11,13H,2,7-10H2,1H3. The van der Waals surface area contributed by atoms with Crippen LogP contribution in [0.4, 0.5) is 4.39 Å². The Morgan fingerprint density at radius 2 is 2.23 bits per heavy atom. The Hall–Kier alpha value is -2.24. The predicted octanol–water partition coefficient (Wildman–Crippen LogP) is 2.00. The van der Waals surface area contributed by atoms with Crippen LogP contribution >= 0.6 is 0 Å². The van der Waals surface area contributed by atoms with Gasteiger partial charge in [-0.15, -0.1) is 10.2 Å². The molecule has 1 unspecified atom stereocenters. The third-order valence-corrected chi connectivity index (χ3v) is 4.17. The average molecular weight is 302 g/mol. The van der Waals surface area contributed by atoms with Crippen LogP contribution in [-0.4, -0.2) is 38.7 Å². The van der Waals surface area contributed by atoms with Crippen molar-refractivity contribution in [1.29, 1.82) is 0 Å². The van der Waals surface area contributed by atoms with Gasteiger partial charge in [-0.1, -0.05) is 25.1 Å². The maximum Gasteiger partial charge on any atom is 0.227 e. The highest BCUT2D eigenvalue weighted by molar-refractivity contribution is 5.79. The summed E-state index contributed by atoms with van der Waals surface area (Å²) in [5.74, 6) is 0.589. The van der Waals surface area contributed by atoms with Gasteiger partial charge in [0.15, 0.2) is 0 Å². The Balaban J connectivity index is 1.65. The van der Waals surface area contributed by atoms with Crippen LogP contribution in [0.1, 0.15) is 30.8 Å². The van der Waals surface area contributed by atoms with Gasteiger partial charge in [-0.3, -0.25) is 4.79 Å². The van der Waals surface area contributed by atoms with Gasteiger partial charge < -0.3 is 9.47 Å². The second-order valence-corrected chi connectivity index (χ2v) is 5.56. The number of aryl methyl sites for hydroxylation is 1. The van der Waals surface area contributed by atoms with E-state index in [0.717, 1.165) is 18.7 Å². The fourth-order valence-electron chi connectivity index (χ4n) is 2.94. The second-order valence-electron chi connectivity index (χ2n) is 5.56.